The first kappa shape index (κ1) is 13.1. The van der Waals surface area contributed by atoms with E-state index in [-0.39, 0.29) is 19.0 Å². The molecule has 1 aromatic rings. The molecule has 0 spiro atoms. The van der Waals surface area contributed by atoms with Crippen molar-refractivity contribution in [3.63, 3.8) is 0 Å². The van der Waals surface area contributed by atoms with E-state index in [9.17, 15) is 9.50 Å². The number of hydrogen-bond donors (Lipinski definition) is 2. The van der Waals surface area contributed by atoms with Gasteiger partial charge in [-0.25, -0.2) is 4.39 Å². The average molecular weight is 228 g/mol. The van der Waals surface area contributed by atoms with E-state index in [1.165, 1.54) is 13.2 Å². The first-order chi connectivity index (χ1) is 7.70. The van der Waals surface area contributed by atoms with Crippen molar-refractivity contribution >= 4 is 0 Å². The van der Waals surface area contributed by atoms with Crippen LogP contribution in [0.5, 0.6) is 0 Å². The summed E-state index contributed by atoms with van der Waals surface area (Å²) in [4.78, 5) is 0. The molecule has 90 valence electrons. The molecule has 3 nitrogen and oxygen atoms in total. The molecule has 1 unspecified atom stereocenters. The third kappa shape index (κ3) is 3.27. The molecule has 0 radical (unpaired) electrons. The van der Waals surface area contributed by atoms with Crippen LogP contribution in [0.25, 0.3) is 0 Å². The number of aliphatic hydroxyl groups excluding tert-OH is 2. The summed E-state index contributed by atoms with van der Waals surface area (Å²) in [5.74, 6) is -0.803. The Hall–Kier alpha value is -0.970. The van der Waals surface area contributed by atoms with Crippen molar-refractivity contribution in [3.05, 3.63) is 35.6 Å². The number of aliphatic hydroxyl groups is 2. The van der Waals surface area contributed by atoms with Gasteiger partial charge in [-0.15, -0.1) is 0 Å². The lowest BCUT2D eigenvalue weighted by Crippen LogP contribution is -2.25. The molecule has 0 heterocycles. The summed E-state index contributed by atoms with van der Waals surface area (Å²) < 4.78 is 18.4. The van der Waals surface area contributed by atoms with Gasteiger partial charge in [0.15, 0.2) is 0 Å². The molecule has 1 aromatic carbocycles. The number of ether oxygens (including phenoxy) is 1. The standard InChI is InChI=1S/C12H17FO3/c1-16-8-12(15)10(6-7-14)9-4-2-3-5-11(9)13/h2-5,10,12,14-15H,6-8H2,1H3/t10?,12-/m0/s1. The lowest BCUT2D eigenvalue weighted by molar-refractivity contribution is 0.0395. The molecule has 0 aliphatic carbocycles. The van der Waals surface area contributed by atoms with Crippen molar-refractivity contribution in [2.45, 2.75) is 18.4 Å². The number of methoxy groups -OCH3 is 1. The fraction of sp³-hybridized carbons (Fsp3) is 0.500. The molecule has 0 fully saturated rings. The van der Waals surface area contributed by atoms with Gasteiger partial charge in [0, 0.05) is 19.6 Å². The van der Waals surface area contributed by atoms with E-state index in [2.05, 4.69) is 0 Å². The maximum absolute atomic E-state index is 13.5. The quantitative estimate of drug-likeness (QED) is 0.771. The molecule has 0 aromatic heterocycles. The van der Waals surface area contributed by atoms with E-state index in [1.54, 1.807) is 18.2 Å². The molecule has 0 aliphatic heterocycles. The molecule has 0 saturated heterocycles. The molecule has 4 heteroatoms. The predicted molar refractivity (Wildman–Crippen MR) is 58.7 cm³/mol. The van der Waals surface area contributed by atoms with Crippen LogP contribution < -0.4 is 0 Å². The molecule has 0 saturated carbocycles. The number of rotatable bonds is 6. The van der Waals surface area contributed by atoms with Gasteiger partial charge in [-0.2, -0.15) is 0 Å². The third-order valence-corrected chi connectivity index (χ3v) is 2.55. The van der Waals surface area contributed by atoms with Crippen LogP contribution in [-0.4, -0.2) is 36.6 Å². The number of benzene rings is 1. The van der Waals surface area contributed by atoms with Gasteiger partial charge in [0.05, 0.1) is 12.7 Å². The number of halogens is 1. The van der Waals surface area contributed by atoms with Crippen molar-refractivity contribution in [1.29, 1.82) is 0 Å². The Morgan fingerprint density at radius 3 is 2.62 bits per heavy atom. The van der Waals surface area contributed by atoms with Gasteiger partial charge in [0.2, 0.25) is 0 Å². The highest BCUT2D eigenvalue weighted by atomic mass is 19.1. The zero-order chi connectivity index (χ0) is 12.0. The van der Waals surface area contributed by atoms with E-state index in [0.29, 0.717) is 12.0 Å². The van der Waals surface area contributed by atoms with E-state index < -0.39 is 12.0 Å². The Morgan fingerprint density at radius 1 is 1.38 bits per heavy atom. The third-order valence-electron chi connectivity index (χ3n) is 2.55. The molecule has 16 heavy (non-hydrogen) atoms. The maximum Gasteiger partial charge on any atom is 0.126 e. The second-order valence-electron chi connectivity index (χ2n) is 3.66. The summed E-state index contributed by atoms with van der Waals surface area (Å²) in [5.41, 5.74) is 0.418. The lowest BCUT2D eigenvalue weighted by atomic mass is 9.90. The molecule has 1 rings (SSSR count). The van der Waals surface area contributed by atoms with Crippen LogP contribution >= 0.6 is 0 Å². The van der Waals surface area contributed by atoms with Gasteiger partial charge in [-0.3, -0.25) is 0 Å². The van der Waals surface area contributed by atoms with Crippen molar-refractivity contribution < 1.29 is 19.3 Å². The Bertz CT molecular complexity index is 317. The Balaban J connectivity index is 2.88. The van der Waals surface area contributed by atoms with Crippen LogP contribution in [0.4, 0.5) is 4.39 Å². The largest absolute Gasteiger partial charge is 0.396 e. The smallest absolute Gasteiger partial charge is 0.126 e. The van der Waals surface area contributed by atoms with Gasteiger partial charge in [-0.05, 0) is 18.1 Å². The van der Waals surface area contributed by atoms with Gasteiger partial charge >= 0.3 is 0 Å². The Morgan fingerprint density at radius 2 is 2.06 bits per heavy atom. The maximum atomic E-state index is 13.5. The van der Waals surface area contributed by atoms with Crippen LogP contribution in [-0.2, 0) is 4.74 Å². The van der Waals surface area contributed by atoms with E-state index in [1.807, 2.05) is 0 Å². The highest BCUT2D eigenvalue weighted by Crippen LogP contribution is 2.25. The number of hydrogen-bond acceptors (Lipinski definition) is 3. The normalized spacial score (nSPS) is 14.8. The topological polar surface area (TPSA) is 49.7 Å². The van der Waals surface area contributed by atoms with Crippen LogP contribution in [0.3, 0.4) is 0 Å². The molecule has 0 amide bonds. The highest BCUT2D eigenvalue weighted by Gasteiger charge is 2.23. The summed E-state index contributed by atoms with van der Waals surface area (Å²) in [6.07, 6.45) is -0.500. The lowest BCUT2D eigenvalue weighted by Gasteiger charge is -2.22. The first-order valence-corrected chi connectivity index (χ1v) is 5.23. The predicted octanol–water partition coefficient (Wildman–Crippen LogP) is 1.30. The van der Waals surface area contributed by atoms with Crippen LogP contribution in [0, 0.1) is 5.82 Å². The minimum atomic E-state index is -0.811. The van der Waals surface area contributed by atoms with Crippen molar-refractivity contribution in [1.82, 2.24) is 0 Å². The van der Waals surface area contributed by atoms with E-state index in [4.69, 9.17) is 9.84 Å². The average Bonchev–Trinajstić information content (AvgIpc) is 2.27. The minimum absolute atomic E-state index is 0.0974. The van der Waals surface area contributed by atoms with Crippen LogP contribution in [0.1, 0.15) is 17.9 Å². The highest BCUT2D eigenvalue weighted by molar-refractivity contribution is 5.22. The van der Waals surface area contributed by atoms with E-state index >= 15 is 0 Å². The van der Waals surface area contributed by atoms with Crippen LogP contribution in [0.2, 0.25) is 0 Å². The van der Waals surface area contributed by atoms with Crippen molar-refractivity contribution in [2.75, 3.05) is 20.3 Å². The molecule has 2 atom stereocenters. The molecular weight excluding hydrogens is 211 g/mol. The summed E-state index contributed by atoms with van der Waals surface area (Å²) in [6.45, 7) is 0.0266. The fourth-order valence-electron chi connectivity index (χ4n) is 1.76. The summed E-state index contributed by atoms with van der Waals surface area (Å²) in [5, 5.41) is 18.7. The second kappa shape index (κ2) is 6.58. The zero-order valence-electron chi connectivity index (χ0n) is 9.27. The van der Waals surface area contributed by atoms with Crippen molar-refractivity contribution in [3.8, 4) is 0 Å². The van der Waals surface area contributed by atoms with Crippen LogP contribution in [0.15, 0.2) is 24.3 Å². The van der Waals surface area contributed by atoms with Gasteiger partial charge in [0.25, 0.3) is 0 Å². The Labute approximate surface area is 94.5 Å². The molecule has 0 bridgehead atoms. The second-order valence-corrected chi connectivity index (χ2v) is 3.66. The van der Waals surface area contributed by atoms with Gasteiger partial charge < -0.3 is 14.9 Å². The summed E-state index contributed by atoms with van der Waals surface area (Å²) >= 11 is 0. The molecule has 0 aliphatic rings. The Kier molecular flexibility index (Phi) is 5.38. The zero-order valence-corrected chi connectivity index (χ0v) is 9.27. The first-order valence-electron chi connectivity index (χ1n) is 5.23. The minimum Gasteiger partial charge on any atom is -0.396 e. The van der Waals surface area contributed by atoms with Crippen molar-refractivity contribution in [2.24, 2.45) is 0 Å². The summed E-state index contributed by atoms with van der Waals surface area (Å²) in [7, 11) is 1.47. The van der Waals surface area contributed by atoms with E-state index in [0.717, 1.165) is 0 Å². The SMILES string of the molecule is COC[C@H](O)C(CCO)c1ccccc1F. The van der Waals surface area contributed by atoms with Gasteiger partial charge in [0.1, 0.15) is 5.82 Å². The molecular formula is C12H17FO3. The molecule has 2 N–H and O–H groups in total. The fourth-order valence-corrected chi connectivity index (χ4v) is 1.76. The monoisotopic (exact) mass is 228 g/mol. The summed E-state index contributed by atoms with van der Waals surface area (Å²) in [6, 6.07) is 6.27. The van der Waals surface area contributed by atoms with Gasteiger partial charge in [-0.1, -0.05) is 18.2 Å².